The Morgan fingerprint density at radius 3 is 2.30 bits per heavy atom. The number of benzene rings is 2. The number of aromatic hydroxyl groups is 1. The van der Waals surface area contributed by atoms with Crippen LogP contribution in [0.4, 0.5) is 5.69 Å². The molecule has 2 aromatic carbocycles. The van der Waals surface area contributed by atoms with Crippen molar-refractivity contribution in [2.45, 2.75) is 6.42 Å². The van der Waals surface area contributed by atoms with Gasteiger partial charge in [-0.15, -0.1) is 0 Å². The Morgan fingerprint density at radius 1 is 1.05 bits per heavy atom. The van der Waals surface area contributed by atoms with Gasteiger partial charge in [-0.3, -0.25) is 4.79 Å². The number of hydrogen-bond donors (Lipinski definition) is 3. The highest BCUT2D eigenvalue weighted by Gasteiger charge is 2.04. The summed E-state index contributed by atoms with van der Waals surface area (Å²) < 4.78 is 0. The topological polar surface area (TPSA) is 61.4 Å². The normalized spacial score (nSPS) is 10.1. The van der Waals surface area contributed by atoms with Gasteiger partial charge in [0.1, 0.15) is 5.75 Å². The monoisotopic (exact) mass is 270 g/mol. The number of hydrogen-bond acceptors (Lipinski definition) is 3. The maximum Gasteiger partial charge on any atom is 0.251 e. The second-order valence-electron chi connectivity index (χ2n) is 4.50. The van der Waals surface area contributed by atoms with Crippen LogP contribution in [0, 0.1) is 0 Å². The van der Waals surface area contributed by atoms with Crippen LogP contribution in [-0.2, 0) is 6.42 Å². The lowest BCUT2D eigenvalue weighted by Gasteiger charge is -2.06. The Hall–Kier alpha value is -2.49. The molecule has 0 atom stereocenters. The Balaban J connectivity index is 1.83. The molecule has 104 valence electrons. The van der Waals surface area contributed by atoms with Gasteiger partial charge in [-0.05, 0) is 48.4 Å². The number of phenolic OH excluding ortho intramolecular Hbond substituents is 1. The fourth-order valence-electron chi connectivity index (χ4n) is 1.87. The van der Waals surface area contributed by atoms with Gasteiger partial charge >= 0.3 is 0 Å². The van der Waals surface area contributed by atoms with E-state index in [-0.39, 0.29) is 11.7 Å². The predicted octanol–water partition coefficient (Wildman–Crippen LogP) is 2.41. The molecule has 0 aliphatic rings. The second-order valence-corrected chi connectivity index (χ2v) is 4.50. The van der Waals surface area contributed by atoms with Crippen molar-refractivity contribution >= 4 is 11.6 Å². The Bertz CT molecular complexity index is 562. The van der Waals surface area contributed by atoms with Gasteiger partial charge in [0.05, 0.1) is 0 Å². The first-order valence-corrected chi connectivity index (χ1v) is 6.53. The molecule has 2 aromatic rings. The van der Waals surface area contributed by atoms with Crippen LogP contribution in [-0.4, -0.2) is 24.6 Å². The first-order valence-electron chi connectivity index (χ1n) is 6.53. The zero-order valence-electron chi connectivity index (χ0n) is 11.4. The molecule has 2 rings (SSSR count). The third kappa shape index (κ3) is 3.75. The molecular formula is C16H18N2O2. The summed E-state index contributed by atoms with van der Waals surface area (Å²) in [5.41, 5.74) is 2.70. The molecule has 4 nitrogen and oxygen atoms in total. The number of rotatable bonds is 5. The molecule has 0 bridgehead atoms. The van der Waals surface area contributed by atoms with Crippen LogP contribution < -0.4 is 10.6 Å². The van der Waals surface area contributed by atoms with Crippen LogP contribution in [0.2, 0.25) is 0 Å². The summed E-state index contributed by atoms with van der Waals surface area (Å²) in [5, 5.41) is 15.1. The molecule has 0 unspecified atom stereocenters. The highest BCUT2D eigenvalue weighted by atomic mass is 16.3. The quantitative estimate of drug-likeness (QED) is 0.782. The summed E-state index contributed by atoms with van der Waals surface area (Å²) >= 11 is 0. The highest BCUT2D eigenvalue weighted by Crippen LogP contribution is 2.10. The molecule has 1 amide bonds. The SMILES string of the molecule is CNc1ccc(C(=O)NCCc2ccc(O)cc2)cc1. The van der Waals surface area contributed by atoms with Crippen molar-refractivity contribution in [3.8, 4) is 5.75 Å². The van der Waals surface area contributed by atoms with Crippen LogP contribution >= 0.6 is 0 Å². The highest BCUT2D eigenvalue weighted by molar-refractivity contribution is 5.94. The summed E-state index contributed by atoms with van der Waals surface area (Å²) in [6.45, 7) is 0.567. The minimum Gasteiger partial charge on any atom is -0.508 e. The fraction of sp³-hybridized carbons (Fsp3) is 0.188. The lowest BCUT2D eigenvalue weighted by molar-refractivity contribution is 0.0954. The maximum atomic E-state index is 11.9. The minimum absolute atomic E-state index is 0.0774. The number of carbonyl (C=O) groups is 1. The molecule has 4 heteroatoms. The lowest BCUT2D eigenvalue weighted by Crippen LogP contribution is -2.25. The Labute approximate surface area is 118 Å². The van der Waals surface area contributed by atoms with Crippen molar-refractivity contribution in [1.82, 2.24) is 5.32 Å². The van der Waals surface area contributed by atoms with E-state index >= 15 is 0 Å². The number of carbonyl (C=O) groups excluding carboxylic acids is 1. The zero-order valence-corrected chi connectivity index (χ0v) is 11.4. The molecular weight excluding hydrogens is 252 g/mol. The summed E-state index contributed by atoms with van der Waals surface area (Å²) in [5.74, 6) is 0.175. The van der Waals surface area contributed by atoms with Crippen LogP contribution in [0.15, 0.2) is 48.5 Å². The maximum absolute atomic E-state index is 11.9. The fourth-order valence-corrected chi connectivity index (χ4v) is 1.87. The molecule has 3 N–H and O–H groups in total. The smallest absolute Gasteiger partial charge is 0.251 e. The third-order valence-electron chi connectivity index (χ3n) is 3.07. The van der Waals surface area contributed by atoms with Gasteiger partial charge in [-0.2, -0.15) is 0 Å². The van der Waals surface area contributed by atoms with Crippen LogP contribution in [0.1, 0.15) is 15.9 Å². The molecule has 0 aromatic heterocycles. The summed E-state index contributed by atoms with van der Waals surface area (Å²) in [7, 11) is 1.84. The van der Waals surface area contributed by atoms with Crippen molar-refractivity contribution in [3.05, 3.63) is 59.7 Å². The van der Waals surface area contributed by atoms with E-state index < -0.39 is 0 Å². The summed E-state index contributed by atoms with van der Waals surface area (Å²) in [4.78, 5) is 11.9. The van der Waals surface area contributed by atoms with E-state index in [0.29, 0.717) is 12.1 Å². The van der Waals surface area contributed by atoms with Crippen LogP contribution in [0.3, 0.4) is 0 Å². The predicted molar refractivity (Wildman–Crippen MR) is 80.1 cm³/mol. The molecule has 0 radical (unpaired) electrons. The van der Waals surface area contributed by atoms with E-state index in [4.69, 9.17) is 0 Å². The summed E-state index contributed by atoms with van der Waals surface area (Å²) in [6.07, 6.45) is 0.737. The molecule has 0 fully saturated rings. The van der Waals surface area contributed by atoms with Crippen molar-refractivity contribution in [2.24, 2.45) is 0 Å². The largest absolute Gasteiger partial charge is 0.508 e. The van der Waals surface area contributed by atoms with Gasteiger partial charge in [0.15, 0.2) is 0 Å². The van der Waals surface area contributed by atoms with E-state index in [1.54, 1.807) is 24.3 Å². The first kappa shape index (κ1) is 13.9. The first-order chi connectivity index (χ1) is 9.69. The third-order valence-corrected chi connectivity index (χ3v) is 3.07. The Kier molecular flexibility index (Phi) is 4.60. The van der Waals surface area contributed by atoms with E-state index in [0.717, 1.165) is 17.7 Å². The van der Waals surface area contributed by atoms with Crippen LogP contribution in [0.25, 0.3) is 0 Å². The number of amides is 1. The van der Waals surface area contributed by atoms with Crippen LogP contribution in [0.5, 0.6) is 5.75 Å². The van der Waals surface area contributed by atoms with Crippen molar-refractivity contribution in [3.63, 3.8) is 0 Å². The van der Waals surface area contributed by atoms with E-state index in [2.05, 4.69) is 10.6 Å². The number of nitrogens with one attached hydrogen (secondary N) is 2. The molecule has 0 spiro atoms. The molecule has 0 aliphatic carbocycles. The molecule has 0 aliphatic heterocycles. The number of anilines is 1. The Morgan fingerprint density at radius 2 is 1.70 bits per heavy atom. The van der Waals surface area contributed by atoms with Gasteiger partial charge in [-0.1, -0.05) is 12.1 Å². The van der Waals surface area contributed by atoms with Gasteiger partial charge < -0.3 is 15.7 Å². The van der Waals surface area contributed by atoms with Crippen molar-refractivity contribution < 1.29 is 9.90 Å². The molecule has 0 heterocycles. The second kappa shape index (κ2) is 6.61. The van der Waals surface area contributed by atoms with Gasteiger partial charge in [-0.25, -0.2) is 0 Å². The van der Waals surface area contributed by atoms with E-state index in [1.807, 2.05) is 31.3 Å². The lowest BCUT2D eigenvalue weighted by atomic mass is 10.1. The standard InChI is InChI=1S/C16H18N2O2/c1-17-14-6-4-13(5-7-14)16(20)18-11-10-12-2-8-15(19)9-3-12/h2-9,17,19H,10-11H2,1H3,(H,18,20). The van der Waals surface area contributed by atoms with Gasteiger partial charge in [0.25, 0.3) is 5.91 Å². The average molecular weight is 270 g/mol. The van der Waals surface area contributed by atoms with Gasteiger partial charge in [0.2, 0.25) is 0 Å². The van der Waals surface area contributed by atoms with Gasteiger partial charge in [0, 0.05) is 24.8 Å². The number of phenols is 1. The molecule has 0 saturated carbocycles. The molecule has 20 heavy (non-hydrogen) atoms. The van der Waals surface area contributed by atoms with E-state index in [9.17, 15) is 9.90 Å². The van der Waals surface area contributed by atoms with Crippen molar-refractivity contribution in [2.75, 3.05) is 18.9 Å². The zero-order chi connectivity index (χ0) is 14.4. The van der Waals surface area contributed by atoms with Crippen molar-refractivity contribution in [1.29, 1.82) is 0 Å². The molecule has 0 saturated heterocycles. The minimum atomic E-state index is -0.0774. The summed E-state index contributed by atoms with van der Waals surface area (Å²) in [6, 6.07) is 14.3. The van der Waals surface area contributed by atoms with E-state index in [1.165, 1.54) is 0 Å². The average Bonchev–Trinajstić information content (AvgIpc) is 2.49.